The molecule has 0 aromatic rings. The van der Waals surface area contributed by atoms with Gasteiger partial charge in [0.1, 0.15) is 0 Å². The fourth-order valence-electron chi connectivity index (χ4n) is 2.41. The Balaban J connectivity index is 2.35. The molecule has 1 saturated heterocycles. The van der Waals surface area contributed by atoms with Crippen LogP contribution >= 0.6 is 0 Å². The van der Waals surface area contributed by atoms with E-state index in [4.69, 9.17) is 0 Å². The fraction of sp³-hybridized carbons (Fsp3) is 0.929. The molecule has 1 fully saturated rings. The van der Waals surface area contributed by atoms with Crippen molar-refractivity contribution >= 4 is 5.91 Å². The smallest absolute Gasteiger partial charge is 0.234 e. The van der Waals surface area contributed by atoms with Crippen LogP contribution in [0.4, 0.5) is 0 Å². The predicted molar refractivity (Wildman–Crippen MR) is 75.7 cm³/mol. The molecule has 1 amide bonds. The molecule has 1 aliphatic rings. The van der Waals surface area contributed by atoms with E-state index in [1.165, 1.54) is 25.7 Å². The van der Waals surface area contributed by atoms with Crippen molar-refractivity contribution in [1.82, 2.24) is 15.5 Å². The van der Waals surface area contributed by atoms with Crippen LogP contribution in [0.3, 0.4) is 0 Å². The number of carbonyl (C=O) groups excluding carboxylic acids is 1. The average molecular weight is 255 g/mol. The summed E-state index contributed by atoms with van der Waals surface area (Å²) in [4.78, 5) is 14.1. The van der Waals surface area contributed by atoms with Crippen LogP contribution in [0.5, 0.6) is 0 Å². The van der Waals surface area contributed by atoms with Gasteiger partial charge in [-0.15, -0.1) is 0 Å². The Morgan fingerprint density at radius 3 is 2.83 bits per heavy atom. The SMILES string of the molecule is CCCCN(CC(=O)NC(C)C)CC1CCCN1. The summed E-state index contributed by atoms with van der Waals surface area (Å²) in [6.07, 6.45) is 4.86. The lowest BCUT2D eigenvalue weighted by Gasteiger charge is -2.25. The summed E-state index contributed by atoms with van der Waals surface area (Å²) in [5, 5.41) is 6.48. The van der Waals surface area contributed by atoms with Crippen molar-refractivity contribution in [3.63, 3.8) is 0 Å². The number of rotatable bonds is 8. The quantitative estimate of drug-likeness (QED) is 0.688. The lowest BCUT2D eigenvalue weighted by molar-refractivity contribution is -0.122. The molecule has 0 bridgehead atoms. The highest BCUT2D eigenvalue weighted by Gasteiger charge is 2.19. The summed E-state index contributed by atoms with van der Waals surface area (Å²) in [6.45, 7) is 9.91. The van der Waals surface area contributed by atoms with E-state index in [1.54, 1.807) is 0 Å². The minimum atomic E-state index is 0.152. The van der Waals surface area contributed by atoms with Gasteiger partial charge in [0.15, 0.2) is 0 Å². The Morgan fingerprint density at radius 2 is 2.28 bits per heavy atom. The zero-order valence-electron chi connectivity index (χ0n) is 12.2. The molecule has 1 aliphatic heterocycles. The van der Waals surface area contributed by atoms with Gasteiger partial charge < -0.3 is 10.6 Å². The van der Waals surface area contributed by atoms with Gasteiger partial charge in [-0.3, -0.25) is 9.69 Å². The van der Waals surface area contributed by atoms with Crippen LogP contribution in [0.25, 0.3) is 0 Å². The van der Waals surface area contributed by atoms with Gasteiger partial charge in [-0.1, -0.05) is 13.3 Å². The van der Waals surface area contributed by atoms with E-state index < -0.39 is 0 Å². The van der Waals surface area contributed by atoms with Crippen molar-refractivity contribution in [2.24, 2.45) is 0 Å². The second-order valence-corrected chi connectivity index (χ2v) is 5.60. The minimum absolute atomic E-state index is 0.152. The topological polar surface area (TPSA) is 44.4 Å². The van der Waals surface area contributed by atoms with Gasteiger partial charge in [0.25, 0.3) is 0 Å². The Labute approximate surface area is 111 Å². The molecule has 0 spiro atoms. The van der Waals surface area contributed by atoms with E-state index in [1.807, 2.05) is 13.8 Å². The molecule has 1 heterocycles. The van der Waals surface area contributed by atoms with Crippen LogP contribution in [-0.4, -0.2) is 49.1 Å². The monoisotopic (exact) mass is 255 g/mol. The maximum atomic E-state index is 11.8. The molecule has 4 nitrogen and oxygen atoms in total. The number of carbonyl (C=O) groups is 1. The molecule has 1 unspecified atom stereocenters. The lowest BCUT2D eigenvalue weighted by Crippen LogP contribution is -2.44. The number of unbranched alkanes of at least 4 members (excludes halogenated alkanes) is 1. The Morgan fingerprint density at radius 1 is 1.50 bits per heavy atom. The summed E-state index contributed by atoms with van der Waals surface area (Å²) in [5.41, 5.74) is 0. The maximum Gasteiger partial charge on any atom is 0.234 e. The van der Waals surface area contributed by atoms with Crippen LogP contribution in [0.1, 0.15) is 46.5 Å². The zero-order valence-corrected chi connectivity index (χ0v) is 12.2. The zero-order chi connectivity index (χ0) is 13.4. The average Bonchev–Trinajstić information content (AvgIpc) is 2.77. The van der Waals surface area contributed by atoms with Crippen molar-refractivity contribution in [3.05, 3.63) is 0 Å². The van der Waals surface area contributed by atoms with Crippen LogP contribution in [0, 0.1) is 0 Å². The van der Waals surface area contributed by atoms with Crippen LogP contribution in [-0.2, 0) is 4.79 Å². The summed E-state index contributed by atoms with van der Waals surface area (Å²) >= 11 is 0. The molecule has 4 heteroatoms. The van der Waals surface area contributed by atoms with E-state index in [0.717, 1.165) is 19.6 Å². The van der Waals surface area contributed by atoms with Crippen LogP contribution < -0.4 is 10.6 Å². The lowest BCUT2D eigenvalue weighted by atomic mass is 10.2. The van der Waals surface area contributed by atoms with Crippen molar-refractivity contribution in [2.45, 2.75) is 58.5 Å². The van der Waals surface area contributed by atoms with Gasteiger partial charge in [-0.25, -0.2) is 0 Å². The molecule has 0 aliphatic carbocycles. The third-order valence-electron chi connectivity index (χ3n) is 3.29. The summed E-state index contributed by atoms with van der Waals surface area (Å²) in [7, 11) is 0. The molecular weight excluding hydrogens is 226 g/mol. The highest BCUT2D eigenvalue weighted by molar-refractivity contribution is 5.78. The number of hydrogen-bond donors (Lipinski definition) is 2. The van der Waals surface area contributed by atoms with Crippen molar-refractivity contribution in [2.75, 3.05) is 26.2 Å². The molecule has 0 aromatic heterocycles. The first-order valence-electron chi connectivity index (χ1n) is 7.37. The summed E-state index contributed by atoms with van der Waals surface area (Å²) < 4.78 is 0. The molecule has 18 heavy (non-hydrogen) atoms. The first kappa shape index (κ1) is 15.4. The van der Waals surface area contributed by atoms with Crippen molar-refractivity contribution in [1.29, 1.82) is 0 Å². The van der Waals surface area contributed by atoms with E-state index >= 15 is 0 Å². The van der Waals surface area contributed by atoms with E-state index in [-0.39, 0.29) is 11.9 Å². The second-order valence-electron chi connectivity index (χ2n) is 5.60. The maximum absolute atomic E-state index is 11.8. The Kier molecular flexibility index (Phi) is 7.28. The highest BCUT2D eigenvalue weighted by atomic mass is 16.2. The van der Waals surface area contributed by atoms with Crippen LogP contribution in [0.15, 0.2) is 0 Å². The molecule has 1 rings (SSSR count). The van der Waals surface area contributed by atoms with Crippen molar-refractivity contribution < 1.29 is 4.79 Å². The van der Waals surface area contributed by atoms with E-state index in [2.05, 4.69) is 22.5 Å². The molecule has 2 N–H and O–H groups in total. The first-order valence-corrected chi connectivity index (χ1v) is 7.37. The first-order chi connectivity index (χ1) is 8.61. The standard InChI is InChI=1S/C14H29N3O/c1-4-5-9-17(10-13-7-6-8-15-13)11-14(18)16-12(2)3/h12-13,15H,4-11H2,1-3H3,(H,16,18). The van der Waals surface area contributed by atoms with E-state index in [9.17, 15) is 4.79 Å². The third kappa shape index (κ3) is 6.36. The second kappa shape index (κ2) is 8.48. The normalized spacial score (nSPS) is 19.7. The molecule has 0 saturated carbocycles. The van der Waals surface area contributed by atoms with Gasteiger partial charge in [0.2, 0.25) is 5.91 Å². The molecular formula is C14H29N3O. The third-order valence-corrected chi connectivity index (χ3v) is 3.29. The van der Waals surface area contributed by atoms with Gasteiger partial charge in [0, 0.05) is 18.6 Å². The molecule has 0 aromatic carbocycles. The highest BCUT2D eigenvalue weighted by Crippen LogP contribution is 2.07. The van der Waals surface area contributed by atoms with Crippen molar-refractivity contribution in [3.8, 4) is 0 Å². The molecule has 1 atom stereocenters. The number of hydrogen-bond acceptors (Lipinski definition) is 3. The number of nitrogens with one attached hydrogen (secondary N) is 2. The summed E-state index contributed by atoms with van der Waals surface area (Å²) in [5.74, 6) is 0.152. The largest absolute Gasteiger partial charge is 0.353 e. The summed E-state index contributed by atoms with van der Waals surface area (Å²) in [6, 6.07) is 0.809. The van der Waals surface area contributed by atoms with Gasteiger partial charge in [0.05, 0.1) is 6.54 Å². The Hall–Kier alpha value is -0.610. The van der Waals surface area contributed by atoms with Gasteiger partial charge in [-0.05, 0) is 46.2 Å². The fourth-order valence-corrected chi connectivity index (χ4v) is 2.41. The minimum Gasteiger partial charge on any atom is -0.353 e. The number of amides is 1. The predicted octanol–water partition coefficient (Wildman–Crippen LogP) is 1.37. The van der Waals surface area contributed by atoms with Crippen LogP contribution in [0.2, 0.25) is 0 Å². The molecule has 106 valence electrons. The Bertz CT molecular complexity index is 237. The molecule has 0 radical (unpaired) electrons. The van der Waals surface area contributed by atoms with Gasteiger partial charge in [-0.2, -0.15) is 0 Å². The number of nitrogens with zero attached hydrogens (tertiary/aromatic N) is 1. The van der Waals surface area contributed by atoms with Gasteiger partial charge >= 0.3 is 0 Å². The van der Waals surface area contributed by atoms with E-state index in [0.29, 0.717) is 12.6 Å².